The van der Waals surface area contributed by atoms with E-state index in [2.05, 4.69) is 28.0 Å². The van der Waals surface area contributed by atoms with E-state index in [0.717, 1.165) is 19.5 Å². The molecule has 0 aliphatic carbocycles. The summed E-state index contributed by atoms with van der Waals surface area (Å²) in [5, 5.41) is 11.9. The first-order valence-electron chi connectivity index (χ1n) is 10.8. The van der Waals surface area contributed by atoms with Crippen molar-refractivity contribution in [2.24, 2.45) is 0 Å². The Morgan fingerprint density at radius 1 is 1.28 bits per heavy atom. The minimum Gasteiger partial charge on any atom is -0.340 e. The summed E-state index contributed by atoms with van der Waals surface area (Å²) in [5.41, 5.74) is 1.97. The molecule has 0 bridgehead atoms. The largest absolute Gasteiger partial charge is 0.340 e. The fourth-order valence-corrected chi connectivity index (χ4v) is 4.25. The maximum Gasteiger partial charge on any atom is 0.280 e. The highest BCUT2D eigenvalue weighted by molar-refractivity contribution is 5.93. The van der Waals surface area contributed by atoms with Gasteiger partial charge in [0.25, 0.3) is 11.5 Å². The van der Waals surface area contributed by atoms with Gasteiger partial charge < -0.3 is 4.90 Å². The first-order valence-corrected chi connectivity index (χ1v) is 10.8. The van der Waals surface area contributed by atoms with Crippen LogP contribution in [0.3, 0.4) is 0 Å². The van der Waals surface area contributed by atoms with Crippen molar-refractivity contribution in [2.45, 2.75) is 25.8 Å². The second-order valence-corrected chi connectivity index (χ2v) is 8.03. The van der Waals surface area contributed by atoms with Crippen molar-refractivity contribution in [1.29, 1.82) is 5.26 Å². The number of nitrogens with zero attached hydrogens (tertiary/aromatic N) is 5. The van der Waals surface area contributed by atoms with Gasteiger partial charge in [-0.2, -0.15) is 5.26 Å². The van der Waals surface area contributed by atoms with Crippen LogP contribution in [0.2, 0.25) is 0 Å². The molecule has 3 aromatic rings. The third-order valence-corrected chi connectivity index (χ3v) is 6.06. The molecule has 0 spiro atoms. The smallest absolute Gasteiger partial charge is 0.280 e. The summed E-state index contributed by atoms with van der Waals surface area (Å²) in [6.07, 6.45) is 5.40. The number of aromatic amines is 1. The van der Waals surface area contributed by atoms with E-state index in [4.69, 9.17) is 5.26 Å². The number of benzene rings is 1. The minimum atomic E-state index is -0.251. The zero-order valence-electron chi connectivity index (χ0n) is 18.3. The Morgan fingerprint density at radius 3 is 2.72 bits per heavy atom. The number of carbonyl (C=O) groups is 1. The number of hydrogen-bond donors (Lipinski definition) is 1. The molecule has 0 saturated carbocycles. The Balaban J connectivity index is 1.49. The van der Waals surface area contributed by atoms with Crippen molar-refractivity contribution in [1.82, 2.24) is 24.6 Å². The molecule has 1 aliphatic heterocycles. The average Bonchev–Trinajstić information content (AvgIpc) is 3.44. The Bertz CT molecular complexity index is 1190. The highest BCUT2D eigenvalue weighted by Crippen LogP contribution is 2.19. The standard InChI is InChI=1S/C24H26N6O2/c1-3-29-12-4-5-20(29)16-28(2)23(31)19-10-11-22(26-14-19)30-24(32)21(15-27-30)18-8-6-17(13-25)7-9-18/h6-11,14-15,20,27H,3-5,12,16H2,1-2H3. The van der Waals surface area contributed by atoms with E-state index >= 15 is 0 Å². The summed E-state index contributed by atoms with van der Waals surface area (Å²) in [4.78, 5) is 34.2. The van der Waals surface area contributed by atoms with Gasteiger partial charge in [0.2, 0.25) is 0 Å². The van der Waals surface area contributed by atoms with Gasteiger partial charge in [-0.25, -0.2) is 9.67 Å². The van der Waals surface area contributed by atoms with E-state index in [1.807, 2.05) is 7.05 Å². The zero-order valence-corrected chi connectivity index (χ0v) is 18.3. The molecule has 1 aliphatic rings. The topological polar surface area (TPSA) is 98.0 Å². The third-order valence-electron chi connectivity index (χ3n) is 6.06. The maximum atomic E-state index is 12.9. The van der Waals surface area contributed by atoms with Crippen molar-refractivity contribution >= 4 is 5.91 Å². The van der Waals surface area contributed by atoms with Crippen LogP contribution in [0, 0.1) is 11.3 Å². The molecule has 2 aromatic heterocycles. The lowest BCUT2D eigenvalue weighted by Crippen LogP contribution is -2.41. The third kappa shape index (κ3) is 4.20. The number of amides is 1. The van der Waals surface area contributed by atoms with Gasteiger partial charge in [0.05, 0.1) is 22.8 Å². The number of nitriles is 1. The van der Waals surface area contributed by atoms with Crippen LogP contribution >= 0.6 is 0 Å². The number of likely N-dealkylation sites (N-methyl/N-ethyl adjacent to an activating group) is 2. The summed E-state index contributed by atoms with van der Waals surface area (Å²) >= 11 is 0. The van der Waals surface area contributed by atoms with E-state index in [9.17, 15) is 9.59 Å². The first kappa shape index (κ1) is 21.5. The van der Waals surface area contributed by atoms with Crippen LogP contribution in [0.1, 0.15) is 35.7 Å². The van der Waals surface area contributed by atoms with Crippen molar-refractivity contribution in [2.75, 3.05) is 26.7 Å². The Morgan fingerprint density at radius 2 is 2.06 bits per heavy atom. The van der Waals surface area contributed by atoms with Gasteiger partial charge in [-0.05, 0) is 55.8 Å². The lowest BCUT2D eigenvalue weighted by molar-refractivity contribution is 0.0754. The van der Waals surface area contributed by atoms with Crippen LogP contribution in [0.4, 0.5) is 0 Å². The van der Waals surface area contributed by atoms with Gasteiger partial charge in [-0.1, -0.05) is 19.1 Å². The number of nitrogens with one attached hydrogen (secondary N) is 1. The molecular formula is C24H26N6O2. The van der Waals surface area contributed by atoms with Crippen molar-refractivity contribution < 1.29 is 4.79 Å². The van der Waals surface area contributed by atoms with Gasteiger partial charge in [0, 0.05) is 32.0 Å². The monoisotopic (exact) mass is 430 g/mol. The zero-order chi connectivity index (χ0) is 22.7. The highest BCUT2D eigenvalue weighted by Gasteiger charge is 2.26. The molecule has 1 fully saturated rings. The maximum absolute atomic E-state index is 12.9. The summed E-state index contributed by atoms with van der Waals surface area (Å²) in [6, 6.07) is 12.6. The van der Waals surface area contributed by atoms with Crippen LogP contribution in [-0.2, 0) is 0 Å². The van der Waals surface area contributed by atoms with E-state index in [-0.39, 0.29) is 11.5 Å². The molecule has 1 atom stereocenters. The molecule has 164 valence electrons. The molecule has 8 heteroatoms. The second-order valence-electron chi connectivity index (χ2n) is 8.03. The van der Waals surface area contributed by atoms with Crippen LogP contribution < -0.4 is 5.56 Å². The minimum absolute atomic E-state index is 0.0795. The molecule has 1 N–H and O–H groups in total. The molecular weight excluding hydrogens is 404 g/mol. The van der Waals surface area contributed by atoms with Gasteiger partial charge in [-0.3, -0.25) is 19.6 Å². The quantitative estimate of drug-likeness (QED) is 0.648. The number of H-pyrrole nitrogens is 1. The molecule has 1 amide bonds. The van der Waals surface area contributed by atoms with Crippen molar-refractivity contribution in [3.63, 3.8) is 0 Å². The summed E-state index contributed by atoms with van der Waals surface area (Å²) in [6.45, 7) is 4.93. The lowest BCUT2D eigenvalue weighted by Gasteiger charge is -2.27. The fraction of sp³-hybridized carbons (Fsp3) is 0.333. The highest BCUT2D eigenvalue weighted by atomic mass is 16.2. The van der Waals surface area contributed by atoms with E-state index in [1.165, 1.54) is 17.3 Å². The number of rotatable bonds is 6. The molecule has 0 radical (unpaired) electrons. The average molecular weight is 431 g/mol. The van der Waals surface area contributed by atoms with Crippen molar-refractivity contribution in [3.05, 3.63) is 70.3 Å². The molecule has 1 unspecified atom stereocenters. The van der Waals surface area contributed by atoms with Gasteiger partial charge >= 0.3 is 0 Å². The SMILES string of the molecule is CCN1CCCC1CN(C)C(=O)c1ccc(-n2[nH]cc(-c3ccc(C#N)cc3)c2=O)nc1. The van der Waals surface area contributed by atoms with Gasteiger partial charge in [0.1, 0.15) is 0 Å². The lowest BCUT2D eigenvalue weighted by atomic mass is 10.1. The molecule has 1 aromatic carbocycles. The Labute approximate surface area is 186 Å². The normalized spacial score (nSPS) is 16.1. The van der Waals surface area contributed by atoms with E-state index in [0.29, 0.717) is 40.7 Å². The summed E-state index contributed by atoms with van der Waals surface area (Å²) in [5.74, 6) is 0.325. The Kier molecular flexibility index (Phi) is 6.19. The first-order chi connectivity index (χ1) is 15.5. The van der Waals surface area contributed by atoms with Crippen LogP contribution in [0.15, 0.2) is 53.6 Å². The predicted octanol–water partition coefficient (Wildman–Crippen LogP) is 2.66. The number of pyridine rings is 1. The number of likely N-dealkylation sites (tertiary alicyclic amines) is 1. The number of hydrogen-bond acceptors (Lipinski definition) is 5. The Hall–Kier alpha value is -3.70. The molecule has 3 heterocycles. The van der Waals surface area contributed by atoms with Crippen molar-refractivity contribution in [3.8, 4) is 23.0 Å². The summed E-state index contributed by atoms with van der Waals surface area (Å²) in [7, 11) is 1.82. The van der Waals surface area contributed by atoms with Gasteiger partial charge in [-0.15, -0.1) is 0 Å². The predicted molar refractivity (Wildman–Crippen MR) is 122 cm³/mol. The number of carbonyl (C=O) groups excluding carboxylic acids is 1. The van der Waals surface area contributed by atoms with Crippen LogP contribution in [-0.4, -0.2) is 63.2 Å². The molecule has 32 heavy (non-hydrogen) atoms. The summed E-state index contributed by atoms with van der Waals surface area (Å²) < 4.78 is 1.34. The van der Waals surface area contributed by atoms with E-state index < -0.39 is 0 Å². The molecule has 4 rings (SSSR count). The van der Waals surface area contributed by atoms with Crippen LogP contribution in [0.5, 0.6) is 0 Å². The molecule has 8 nitrogen and oxygen atoms in total. The fourth-order valence-electron chi connectivity index (χ4n) is 4.25. The van der Waals surface area contributed by atoms with Gasteiger partial charge in [0.15, 0.2) is 5.82 Å². The number of aromatic nitrogens is 3. The van der Waals surface area contributed by atoms with E-state index in [1.54, 1.807) is 47.5 Å². The molecule has 1 saturated heterocycles. The second kappa shape index (κ2) is 9.20. The van der Waals surface area contributed by atoms with Crippen LogP contribution in [0.25, 0.3) is 16.9 Å².